The van der Waals surface area contributed by atoms with Gasteiger partial charge in [-0.3, -0.25) is 28.8 Å². The molecule has 0 aromatic heterocycles. The van der Waals surface area contributed by atoms with E-state index in [1.54, 1.807) is 0 Å². The summed E-state index contributed by atoms with van der Waals surface area (Å²) >= 11 is 0. The predicted molar refractivity (Wildman–Crippen MR) is 95.5 cm³/mol. The zero-order chi connectivity index (χ0) is 23.4. The summed E-state index contributed by atoms with van der Waals surface area (Å²) in [5.74, 6) is -4.84. The molecule has 0 aliphatic heterocycles. The molecule has 0 saturated heterocycles. The molecule has 0 amide bonds. The molecule has 30 heavy (non-hydrogen) atoms. The third-order valence-corrected chi connectivity index (χ3v) is 3.20. The molecule has 0 spiro atoms. The lowest BCUT2D eigenvalue weighted by Gasteiger charge is -2.35. The van der Waals surface area contributed by atoms with Gasteiger partial charge in [-0.25, -0.2) is 0 Å². The summed E-state index contributed by atoms with van der Waals surface area (Å²) in [5.41, 5.74) is 0. The van der Waals surface area contributed by atoms with E-state index < -0.39 is 73.4 Å². The van der Waals surface area contributed by atoms with Crippen molar-refractivity contribution in [1.29, 1.82) is 0 Å². The molecule has 0 unspecified atom stereocenters. The minimum absolute atomic E-state index is 0.565. The summed E-state index contributed by atoms with van der Waals surface area (Å²) in [6, 6.07) is 0. The molecule has 0 N–H and O–H groups in total. The number of esters is 6. The van der Waals surface area contributed by atoms with E-state index in [0.29, 0.717) is 0 Å². The first-order valence-electron chi connectivity index (χ1n) is 8.79. The average molecular weight is 434 g/mol. The van der Waals surface area contributed by atoms with Gasteiger partial charge in [0.15, 0.2) is 24.4 Å². The number of hydrogen-bond donors (Lipinski definition) is 0. The lowest BCUT2D eigenvalue weighted by Crippen LogP contribution is -2.54. The minimum Gasteiger partial charge on any atom is -0.462 e. The lowest BCUT2D eigenvalue weighted by molar-refractivity contribution is -0.206. The Morgan fingerprint density at radius 2 is 0.733 bits per heavy atom. The van der Waals surface area contributed by atoms with Crippen LogP contribution in [0.2, 0.25) is 0 Å². The molecule has 170 valence electrons. The van der Waals surface area contributed by atoms with E-state index in [9.17, 15) is 28.8 Å². The van der Waals surface area contributed by atoms with Crippen molar-refractivity contribution in [2.75, 3.05) is 13.2 Å². The average Bonchev–Trinajstić information content (AvgIpc) is 2.57. The van der Waals surface area contributed by atoms with Crippen LogP contribution in [0.5, 0.6) is 0 Å². The van der Waals surface area contributed by atoms with Gasteiger partial charge in [-0.2, -0.15) is 0 Å². The number of hydrogen-bond acceptors (Lipinski definition) is 12. The van der Waals surface area contributed by atoms with Crippen molar-refractivity contribution in [3.05, 3.63) is 0 Å². The molecule has 0 aromatic rings. The fourth-order valence-electron chi connectivity index (χ4n) is 2.31. The Kier molecular flexibility index (Phi) is 11.7. The highest BCUT2D eigenvalue weighted by Gasteiger charge is 2.44. The third-order valence-electron chi connectivity index (χ3n) is 3.20. The molecule has 0 bridgehead atoms. The van der Waals surface area contributed by atoms with Gasteiger partial charge in [0.05, 0.1) is 0 Å². The van der Waals surface area contributed by atoms with Crippen LogP contribution in [0, 0.1) is 0 Å². The standard InChI is InChI=1S/C18H26O12/c1-9(19)25-7-15(27-11(3)21)17(29-13(5)23)18(30-14(6)24)16(28-12(4)22)8-26-10(2)20/h15-18H,7-8H2,1-6H3/t15-,16+,17-,18-/m1/s1. The van der Waals surface area contributed by atoms with Crippen molar-refractivity contribution < 1.29 is 57.2 Å². The molecule has 4 atom stereocenters. The van der Waals surface area contributed by atoms with Crippen molar-refractivity contribution in [3.8, 4) is 0 Å². The van der Waals surface area contributed by atoms with Crippen LogP contribution in [0.25, 0.3) is 0 Å². The molecule has 0 fully saturated rings. The topological polar surface area (TPSA) is 158 Å². The number of rotatable bonds is 11. The van der Waals surface area contributed by atoms with Gasteiger partial charge in [-0.1, -0.05) is 0 Å². The highest BCUT2D eigenvalue weighted by Crippen LogP contribution is 2.20. The third kappa shape index (κ3) is 11.6. The van der Waals surface area contributed by atoms with E-state index in [4.69, 9.17) is 28.4 Å². The van der Waals surface area contributed by atoms with Crippen LogP contribution in [-0.2, 0) is 57.2 Å². The van der Waals surface area contributed by atoms with E-state index in [0.717, 1.165) is 41.5 Å². The van der Waals surface area contributed by atoms with Gasteiger partial charge < -0.3 is 28.4 Å². The fraction of sp³-hybridized carbons (Fsp3) is 0.667. The Morgan fingerprint density at radius 1 is 0.467 bits per heavy atom. The first kappa shape index (κ1) is 26.8. The maximum absolute atomic E-state index is 11.7. The summed E-state index contributed by atoms with van der Waals surface area (Å²) in [6.45, 7) is 5.22. The van der Waals surface area contributed by atoms with Crippen molar-refractivity contribution in [2.45, 2.75) is 66.0 Å². The van der Waals surface area contributed by atoms with E-state index in [2.05, 4.69) is 0 Å². The fourth-order valence-corrected chi connectivity index (χ4v) is 2.31. The smallest absolute Gasteiger partial charge is 0.303 e. The normalized spacial score (nSPS) is 14.2. The predicted octanol–water partition coefficient (Wildman–Crippen LogP) is -0.161. The molecule has 0 radical (unpaired) electrons. The van der Waals surface area contributed by atoms with Crippen LogP contribution in [0.4, 0.5) is 0 Å². The van der Waals surface area contributed by atoms with Gasteiger partial charge in [0.2, 0.25) is 0 Å². The number of carbonyl (C=O) groups is 6. The van der Waals surface area contributed by atoms with Crippen molar-refractivity contribution >= 4 is 35.8 Å². The van der Waals surface area contributed by atoms with Crippen LogP contribution >= 0.6 is 0 Å². The van der Waals surface area contributed by atoms with Gasteiger partial charge in [0.25, 0.3) is 0 Å². The minimum atomic E-state index is -1.57. The van der Waals surface area contributed by atoms with Crippen molar-refractivity contribution in [2.24, 2.45) is 0 Å². The molecule has 0 aliphatic rings. The van der Waals surface area contributed by atoms with E-state index in [-0.39, 0.29) is 0 Å². The highest BCUT2D eigenvalue weighted by atomic mass is 16.6. The molecule has 0 aromatic carbocycles. The number of carbonyl (C=O) groups excluding carboxylic acids is 6. The van der Waals surface area contributed by atoms with Crippen LogP contribution in [-0.4, -0.2) is 73.4 Å². The Hall–Kier alpha value is -3.18. The zero-order valence-corrected chi connectivity index (χ0v) is 17.6. The Balaban J connectivity index is 6.19. The van der Waals surface area contributed by atoms with Crippen LogP contribution in [0.1, 0.15) is 41.5 Å². The van der Waals surface area contributed by atoms with Gasteiger partial charge in [0, 0.05) is 41.5 Å². The monoisotopic (exact) mass is 434 g/mol. The molecule has 0 heterocycles. The van der Waals surface area contributed by atoms with Gasteiger partial charge >= 0.3 is 35.8 Å². The second kappa shape index (κ2) is 13.1. The molecule has 0 rings (SSSR count). The maximum atomic E-state index is 11.7. The van der Waals surface area contributed by atoms with Gasteiger partial charge in [0.1, 0.15) is 13.2 Å². The first-order valence-corrected chi connectivity index (χ1v) is 8.79. The summed E-state index contributed by atoms with van der Waals surface area (Å²) in [7, 11) is 0. The van der Waals surface area contributed by atoms with E-state index in [1.807, 2.05) is 0 Å². The number of ether oxygens (including phenoxy) is 6. The Bertz CT molecular complexity index is 600. The molecule has 0 aliphatic carbocycles. The Labute approximate surface area is 173 Å². The molecule has 12 nitrogen and oxygen atoms in total. The summed E-state index contributed by atoms with van der Waals surface area (Å²) in [5, 5.41) is 0. The lowest BCUT2D eigenvalue weighted by atomic mass is 10.0. The van der Waals surface area contributed by atoms with E-state index >= 15 is 0 Å². The van der Waals surface area contributed by atoms with Crippen molar-refractivity contribution in [1.82, 2.24) is 0 Å². The van der Waals surface area contributed by atoms with Crippen molar-refractivity contribution in [3.63, 3.8) is 0 Å². The summed E-state index contributed by atoms with van der Waals surface area (Å²) < 4.78 is 30.2. The molecule has 12 heteroatoms. The largest absolute Gasteiger partial charge is 0.462 e. The second-order valence-corrected chi connectivity index (χ2v) is 6.05. The maximum Gasteiger partial charge on any atom is 0.303 e. The second-order valence-electron chi connectivity index (χ2n) is 6.05. The quantitative estimate of drug-likeness (QED) is 0.313. The highest BCUT2D eigenvalue weighted by molar-refractivity contribution is 5.69. The van der Waals surface area contributed by atoms with Crippen LogP contribution < -0.4 is 0 Å². The van der Waals surface area contributed by atoms with Gasteiger partial charge in [-0.05, 0) is 0 Å². The molecular weight excluding hydrogens is 408 g/mol. The van der Waals surface area contributed by atoms with Crippen LogP contribution in [0.15, 0.2) is 0 Å². The van der Waals surface area contributed by atoms with Crippen LogP contribution in [0.3, 0.4) is 0 Å². The summed E-state index contributed by atoms with van der Waals surface area (Å²) in [4.78, 5) is 68.8. The zero-order valence-electron chi connectivity index (χ0n) is 17.6. The Morgan fingerprint density at radius 3 is 0.933 bits per heavy atom. The molecule has 0 saturated carbocycles. The van der Waals surface area contributed by atoms with E-state index in [1.165, 1.54) is 0 Å². The molecular formula is C18H26O12. The first-order chi connectivity index (χ1) is 13.8. The van der Waals surface area contributed by atoms with Gasteiger partial charge in [-0.15, -0.1) is 0 Å². The summed E-state index contributed by atoms with van der Waals surface area (Å²) in [6.07, 6.45) is -6.02. The SMILES string of the molecule is CC(=O)OC[C@H](OC(C)=O)[C@@H](OC(C)=O)[C@H](OC(C)=O)[C@@H](COC(C)=O)OC(C)=O.